The van der Waals surface area contributed by atoms with Gasteiger partial charge >= 0.3 is 0 Å². The highest BCUT2D eigenvalue weighted by Gasteiger charge is 2.24. The zero-order valence-corrected chi connectivity index (χ0v) is 55.3. The van der Waals surface area contributed by atoms with E-state index in [1.165, 1.54) is 78.1 Å². The van der Waals surface area contributed by atoms with Gasteiger partial charge < -0.3 is 51.3 Å². The topological polar surface area (TPSA) is 304 Å². The number of likely N-dealkylation sites (tertiary alicyclic amines) is 1. The second kappa shape index (κ2) is 34.0. The number of pyridine rings is 3. The standard InChI is InChI=1S/C25H23ClFN5O2.C24H21ClFN5O3.C22H19ClFN5O2/c26-17-9-11-22(29-15-17)31-25(34)19-6-2-3-7-21(19)30-24(33)18-10-8-16(14-20(18)27)23(28)32-12-4-1-5-13-32;25-16-6-8-21(28-14-16)30-24(33)18-3-1-2-4-20(18)29-23(32)17-7-5-15(13-19(17)26)22(27)31-9-11-34-12-10-31;1-29(2)20(25)13-7-9-15(17(24)11-13)21(30)27-18-6-4-3-5-16(18)22(31)28-19-10-8-14(23)12-26-19/h2-3,6-11,14-15,28H,1,4-5,12-13H2,(H,30,33)(H,29,31,34);1-8,13-14,27H,9-12H2,(H,29,32)(H,28,30,33);3-12,25H,1-2H3,(H,27,30)(H,26,28,31). The second-order valence-corrected chi connectivity index (χ2v) is 23.4. The molecular weight excluding hydrogens is 1340 g/mol. The first-order valence-electron chi connectivity index (χ1n) is 30.5. The Morgan fingerprint density at radius 3 is 1.04 bits per heavy atom. The normalized spacial score (nSPS) is 12.4. The van der Waals surface area contributed by atoms with E-state index in [2.05, 4.69) is 46.9 Å². The van der Waals surface area contributed by atoms with Gasteiger partial charge in [0.2, 0.25) is 0 Å². The lowest BCUT2D eigenvalue weighted by molar-refractivity contribution is 0.0679. The molecule has 6 amide bonds. The number of amidine groups is 3. The first kappa shape index (κ1) is 71.9. The van der Waals surface area contributed by atoms with Crippen molar-refractivity contribution >= 4 is 122 Å². The zero-order valence-electron chi connectivity index (χ0n) is 53.0. The third-order valence-electron chi connectivity index (χ3n) is 15.1. The first-order chi connectivity index (χ1) is 47.6. The molecule has 2 aliphatic rings. The molecule has 0 unspecified atom stereocenters. The van der Waals surface area contributed by atoms with E-state index >= 15 is 0 Å². The third kappa shape index (κ3) is 19.4. The fourth-order valence-corrected chi connectivity index (χ4v) is 10.2. The molecule has 0 radical (unpaired) electrons. The molecule has 9 aromatic rings. The van der Waals surface area contributed by atoms with Crippen LogP contribution in [0.2, 0.25) is 15.1 Å². The number of rotatable bonds is 15. The molecule has 11 rings (SSSR count). The molecule has 28 heteroatoms. The smallest absolute Gasteiger partial charge is 0.258 e. The van der Waals surface area contributed by atoms with E-state index in [1.54, 1.807) is 116 Å². The molecule has 0 atom stereocenters. The maximum absolute atomic E-state index is 14.8. The molecule has 0 spiro atoms. The number of carbonyl (C=O) groups is 6. The molecular formula is C71H63Cl3F3N15O7. The van der Waals surface area contributed by atoms with Crippen LogP contribution >= 0.6 is 34.8 Å². The summed E-state index contributed by atoms with van der Waals surface area (Å²) in [7, 11) is 3.34. The van der Waals surface area contributed by atoms with Gasteiger partial charge in [0.15, 0.2) is 0 Å². The maximum atomic E-state index is 14.8. The van der Waals surface area contributed by atoms with Crippen molar-refractivity contribution < 1.29 is 46.7 Å². The van der Waals surface area contributed by atoms with Crippen molar-refractivity contribution in [3.8, 4) is 0 Å². The van der Waals surface area contributed by atoms with Crippen molar-refractivity contribution in [1.82, 2.24) is 29.7 Å². The summed E-state index contributed by atoms with van der Waals surface area (Å²) in [5.74, 6) is -4.46. The molecule has 3 aromatic heterocycles. The van der Waals surface area contributed by atoms with Gasteiger partial charge in [0.05, 0.1) is 78.7 Å². The zero-order chi connectivity index (χ0) is 70.7. The van der Waals surface area contributed by atoms with Crippen molar-refractivity contribution in [3.05, 3.63) is 265 Å². The van der Waals surface area contributed by atoms with E-state index in [0.29, 0.717) is 75.5 Å². The van der Waals surface area contributed by atoms with Crippen molar-refractivity contribution in [2.24, 2.45) is 0 Å². The number of anilines is 6. The number of piperidine rings is 1. The number of benzene rings is 6. The van der Waals surface area contributed by atoms with Gasteiger partial charge in [-0.1, -0.05) is 89.4 Å². The Balaban J connectivity index is 0.000000174. The van der Waals surface area contributed by atoms with Gasteiger partial charge in [0.1, 0.15) is 52.4 Å². The highest BCUT2D eigenvalue weighted by atomic mass is 35.5. The van der Waals surface area contributed by atoms with Gasteiger partial charge in [0, 0.05) is 75.6 Å². The SMILES string of the molecule is CN(C)C(=N)c1ccc(C(=O)Nc2ccccc2C(=O)Nc2ccc(Cl)cn2)c(F)c1.N=C(c1ccc(C(=O)Nc2ccccc2C(=O)Nc2ccc(Cl)cn2)c(F)c1)N1CCCCC1.N=C(c1ccc(C(=O)Nc2ccccc2C(=O)Nc2ccc(Cl)cn2)c(F)c1)N1CCOCC1. The van der Waals surface area contributed by atoms with Crippen LogP contribution in [0.3, 0.4) is 0 Å². The summed E-state index contributed by atoms with van der Waals surface area (Å²) in [5.41, 5.74) is 1.75. The first-order valence-corrected chi connectivity index (χ1v) is 31.6. The number of ether oxygens (including phenoxy) is 1. The van der Waals surface area contributed by atoms with E-state index < -0.39 is 52.9 Å². The Kier molecular flexibility index (Phi) is 24.7. The van der Waals surface area contributed by atoms with Crippen molar-refractivity contribution in [2.75, 3.05) is 85.4 Å². The van der Waals surface area contributed by atoms with Crippen molar-refractivity contribution in [1.29, 1.82) is 16.2 Å². The minimum Gasteiger partial charge on any atom is -0.378 e. The van der Waals surface area contributed by atoms with Gasteiger partial charge in [-0.05, 0) is 128 Å². The maximum Gasteiger partial charge on any atom is 0.258 e. The van der Waals surface area contributed by atoms with Gasteiger partial charge in [0.25, 0.3) is 35.4 Å². The summed E-state index contributed by atoms with van der Waals surface area (Å²) in [5, 5.41) is 41.5. The minimum absolute atomic E-state index is 0.115. The molecule has 99 heavy (non-hydrogen) atoms. The minimum atomic E-state index is -0.770. The quantitative estimate of drug-likeness (QED) is 0.0341. The molecule has 6 aromatic carbocycles. The highest BCUT2D eigenvalue weighted by molar-refractivity contribution is 6.31. The summed E-state index contributed by atoms with van der Waals surface area (Å²) in [6, 6.07) is 40.6. The van der Waals surface area contributed by atoms with Gasteiger partial charge in [-0.25, -0.2) is 28.1 Å². The van der Waals surface area contributed by atoms with Crippen molar-refractivity contribution in [3.63, 3.8) is 0 Å². The molecule has 0 aliphatic carbocycles. The number of nitrogens with one attached hydrogen (secondary N) is 9. The van der Waals surface area contributed by atoms with E-state index in [-0.39, 0.29) is 67.9 Å². The molecule has 2 saturated heterocycles. The molecule has 0 saturated carbocycles. The van der Waals surface area contributed by atoms with Gasteiger partial charge in [-0.15, -0.1) is 0 Å². The van der Waals surface area contributed by atoms with Crippen LogP contribution in [0.4, 0.5) is 47.7 Å². The third-order valence-corrected chi connectivity index (χ3v) is 15.7. The van der Waals surface area contributed by atoms with Crippen LogP contribution in [0, 0.1) is 33.7 Å². The molecule has 9 N–H and O–H groups in total. The number of halogens is 6. The van der Waals surface area contributed by atoms with Crippen LogP contribution in [0.1, 0.15) is 98.1 Å². The number of carbonyl (C=O) groups excluding carboxylic acids is 6. The summed E-state index contributed by atoms with van der Waals surface area (Å²) < 4.78 is 49.5. The molecule has 506 valence electrons. The van der Waals surface area contributed by atoms with Gasteiger partial charge in [-0.3, -0.25) is 45.0 Å². The molecule has 5 heterocycles. The van der Waals surface area contributed by atoms with E-state index in [4.69, 9.17) is 55.8 Å². The van der Waals surface area contributed by atoms with Crippen LogP contribution in [0.25, 0.3) is 0 Å². The summed E-state index contributed by atoms with van der Waals surface area (Å²) in [6.45, 7) is 3.65. The Bertz CT molecular complexity index is 4310. The lowest BCUT2D eigenvalue weighted by Gasteiger charge is -2.29. The van der Waals surface area contributed by atoms with Gasteiger partial charge in [-0.2, -0.15) is 0 Å². The Labute approximate surface area is 581 Å². The number of hydrogen-bond acceptors (Lipinski definition) is 13. The molecule has 2 fully saturated rings. The number of hydrogen-bond donors (Lipinski definition) is 9. The summed E-state index contributed by atoms with van der Waals surface area (Å²) >= 11 is 17.4. The van der Waals surface area contributed by atoms with Crippen LogP contribution in [-0.2, 0) is 4.74 Å². The Hall–Kier alpha value is -11.4. The number of amides is 6. The fourth-order valence-electron chi connectivity index (χ4n) is 9.91. The second-order valence-electron chi connectivity index (χ2n) is 22.1. The fraction of sp³-hybridized carbons (Fsp3) is 0.155. The highest BCUT2D eigenvalue weighted by Crippen LogP contribution is 2.26. The summed E-state index contributed by atoms with van der Waals surface area (Å²) in [6.07, 6.45) is 7.34. The lowest BCUT2D eigenvalue weighted by atomic mass is 10.1. The largest absolute Gasteiger partial charge is 0.378 e. The number of morpholine rings is 1. The van der Waals surface area contributed by atoms with E-state index in [9.17, 15) is 41.9 Å². The van der Waals surface area contributed by atoms with Crippen LogP contribution in [0.15, 0.2) is 182 Å². The average molecular weight is 1400 g/mol. The predicted molar refractivity (Wildman–Crippen MR) is 376 cm³/mol. The number of aromatic nitrogens is 3. The molecule has 22 nitrogen and oxygen atoms in total. The Morgan fingerprint density at radius 2 is 0.717 bits per heavy atom. The van der Waals surface area contributed by atoms with Crippen LogP contribution in [-0.4, -0.2) is 136 Å². The van der Waals surface area contributed by atoms with Crippen LogP contribution < -0.4 is 31.9 Å². The molecule has 0 bridgehead atoms. The Morgan fingerprint density at radius 1 is 0.404 bits per heavy atom. The van der Waals surface area contributed by atoms with Crippen molar-refractivity contribution in [2.45, 2.75) is 19.3 Å². The number of para-hydroxylation sites is 3. The monoisotopic (exact) mass is 1400 g/mol. The van der Waals surface area contributed by atoms with Crippen LogP contribution in [0.5, 0.6) is 0 Å². The lowest BCUT2D eigenvalue weighted by Crippen LogP contribution is -2.40. The molecule has 2 aliphatic heterocycles. The summed E-state index contributed by atoms with van der Waals surface area (Å²) in [4.78, 5) is 93.7. The van der Waals surface area contributed by atoms with E-state index in [0.717, 1.165) is 44.5 Å². The average Bonchev–Trinajstić information content (AvgIpc) is 0.874. The number of nitrogens with zero attached hydrogens (tertiary/aromatic N) is 6. The van der Waals surface area contributed by atoms with E-state index in [1.807, 2.05) is 4.90 Å². The predicted octanol–water partition coefficient (Wildman–Crippen LogP) is 13.5.